The Hall–Kier alpha value is -1.72. The molecule has 0 aliphatic carbocycles. The number of aromatic nitrogens is 3. The van der Waals surface area contributed by atoms with Gasteiger partial charge in [-0.3, -0.25) is 0 Å². The van der Waals surface area contributed by atoms with Crippen LogP contribution >= 0.6 is 0 Å². The van der Waals surface area contributed by atoms with Crippen LogP contribution in [-0.4, -0.2) is 44.9 Å². The van der Waals surface area contributed by atoms with E-state index in [0.717, 1.165) is 44.5 Å². The Morgan fingerprint density at radius 2 is 1.95 bits per heavy atom. The van der Waals surface area contributed by atoms with Crippen LogP contribution in [0.25, 0.3) is 0 Å². The molecule has 1 N–H and O–H groups in total. The minimum atomic E-state index is -1.02. The van der Waals surface area contributed by atoms with E-state index >= 15 is 0 Å². The van der Waals surface area contributed by atoms with Gasteiger partial charge in [-0.1, -0.05) is 24.3 Å². The molecule has 116 valence electrons. The summed E-state index contributed by atoms with van der Waals surface area (Å²) in [6.07, 6.45) is 4.62. The zero-order valence-electron chi connectivity index (χ0n) is 12.9. The Balaban J connectivity index is 1.86. The highest BCUT2D eigenvalue weighted by atomic mass is 16.3. The maximum absolute atomic E-state index is 11.8. The highest BCUT2D eigenvalue weighted by Crippen LogP contribution is 2.43. The predicted molar refractivity (Wildman–Crippen MR) is 83.4 cm³/mol. The molecular formula is C17H22N4O. The van der Waals surface area contributed by atoms with E-state index in [-0.39, 0.29) is 5.92 Å². The van der Waals surface area contributed by atoms with Crippen LogP contribution in [0.1, 0.15) is 29.8 Å². The van der Waals surface area contributed by atoms with Gasteiger partial charge in [-0.25, -0.2) is 0 Å². The van der Waals surface area contributed by atoms with Gasteiger partial charge < -0.3 is 14.6 Å². The Labute approximate surface area is 130 Å². The topological polar surface area (TPSA) is 54.2 Å². The highest BCUT2D eigenvalue weighted by Gasteiger charge is 2.46. The largest absolute Gasteiger partial charge is 0.377 e. The van der Waals surface area contributed by atoms with Crippen molar-refractivity contribution in [2.75, 3.05) is 20.1 Å². The fourth-order valence-electron chi connectivity index (χ4n) is 4.01. The van der Waals surface area contributed by atoms with Gasteiger partial charge in [0, 0.05) is 12.5 Å². The summed E-state index contributed by atoms with van der Waals surface area (Å²) in [5.41, 5.74) is 1.23. The van der Waals surface area contributed by atoms with Crippen LogP contribution in [0.5, 0.6) is 0 Å². The fourth-order valence-corrected chi connectivity index (χ4v) is 4.01. The van der Waals surface area contributed by atoms with E-state index in [2.05, 4.69) is 40.3 Å². The third-order valence-electron chi connectivity index (χ3n) is 5.32. The molecule has 1 atom stereocenters. The first-order chi connectivity index (χ1) is 10.7. The van der Waals surface area contributed by atoms with Crippen molar-refractivity contribution in [2.45, 2.75) is 31.4 Å². The van der Waals surface area contributed by atoms with Gasteiger partial charge in [0.25, 0.3) is 0 Å². The van der Waals surface area contributed by atoms with Crippen LogP contribution in [0, 0.1) is 5.92 Å². The van der Waals surface area contributed by atoms with Crippen LogP contribution in [0.4, 0.5) is 0 Å². The minimum absolute atomic E-state index is 0.186. The summed E-state index contributed by atoms with van der Waals surface area (Å²) in [7, 11) is 2.14. The molecular weight excluding hydrogens is 276 g/mol. The number of likely N-dealkylation sites (tertiary alicyclic amines) is 1. The van der Waals surface area contributed by atoms with E-state index in [1.165, 1.54) is 5.56 Å². The Morgan fingerprint density at radius 3 is 2.77 bits per heavy atom. The number of hydrogen-bond donors (Lipinski definition) is 1. The number of benzene rings is 1. The van der Waals surface area contributed by atoms with Gasteiger partial charge in [-0.2, -0.15) is 0 Å². The molecule has 2 aliphatic rings. The van der Waals surface area contributed by atoms with Crippen molar-refractivity contribution in [2.24, 2.45) is 5.92 Å². The normalized spacial score (nSPS) is 26.3. The van der Waals surface area contributed by atoms with Crippen molar-refractivity contribution >= 4 is 0 Å². The van der Waals surface area contributed by atoms with Crippen LogP contribution in [0.15, 0.2) is 30.6 Å². The number of piperidine rings is 1. The molecule has 2 aromatic rings. The lowest BCUT2D eigenvalue weighted by Gasteiger charge is -2.40. The van der Waals surface area contributed by atoms with Crippen molar-refractivity contribution in [1.82, 2.24) is 19.7 Å². The second-order valence-electron chi connectivity index (χ2n) is 6.60. The van der Waals surface area contributed by atoms with E-state index in [0.29, 0.717) is 5.82 Å². The minimum Gasteiger partial charge on any atom is -0.377 e. The first kappa shape index (κ1) is 13.9. The van der Waals surface area contributed by atoms with Crippen molar-refractivity contribution in [3.63, 3.8) is 0 Å². The maximum Gasteiger partial charge on any atom is 0.169 e. The third kappa shape index (κ3) is 2.00. The molecule has 4 rings (SSSR count). The van der Waals surface area contributed by atoms with Crippen LogP contribution < -0.4 is 0 Å². The number of hydrogen-bond acceptors (Lipinski definition) is 4. The van der Waals surface area contributed by atoms with E-state index < -0.39 is 5.60 Å². The van der Waals surface area contributed by atoms with Gasteiger partial charge in [0.15, 0.2) is 11.4 Å². The Bertz CT molecular complexity index is 675. The van der Waals surface area contributed by atoms with E-state index in [9.17, 15) is 5.11 Å². The summed E-state index contributed by atoms with van der Waals surface area (Å²) < 4.78 is 2.03. The summed E-state index contributed by atoms with van der Waals surface area (Å²) in [4.78, 5) is 2.33. The summed E-state index contributed by atoms with van der Waals surface area (Å²) in [5, 5.41) is 20.2. The molecule has 1 unspecified atom stereocenters. The first-order valence-electron chi connectivity index (χ1n) is 8.07. The lowest BCUT2D eigenvalue weighted by Crippen LogP contribution is -2.44. The van der Waals surface area contributed by atoms with Crippen molar-refractivity contribution in [1.29, 1.82) is 0 Å². The molecule has 0 radical (unpaired) electrons. The molecule has 5 heteroatoms. The van der Waals surface area contributed by atoms with E-state index in [1.54, 1.807) is 6.33 Å². The van der Waals surface area contributed by atoms with Crippen molar-refractivity contribution in [3.05, 3.63) is 47.5 Å². The highest BCUT2D eigenvalue weighted by molar-refractivity contribution is 5.39. The number of nitrogens with zero attached hydrogens (tertiary/aromatic N) is 4. The summed E-state index contributed by atoms with van der Waals surface area (Å²) in [6.45, 7) is 2.86. The monoisotopic (exact) mass is 298 g/mol. The standard InChI is InChI=1S/C17H22N4O/c1-20-9-7-14(8-10-20)17(22)15-5-3-2-4-13(15)6-11-21-12-18-19-16(17)21/h2-5,12,14,22H,6-11H2,1H3. The van der Waals surface area contributed by atoms with Crippen molar-refractivity contribution in [3.8, 4) is 0 Å². The molecule has 1 saturated heterocycles. The SMILES string of the molecule is CN1CCC(C2(O)c3ccccc3CCn3cnnc32)CC1. The molecule has 2 aliphatic heterocycles. The molecule has 0 saturated carbocycles. The number of aryl methyl sites for hydroxylation is 2. The Kier molecular flexibility index (Phi) is 3.27. The van der Waals surface area contributed by atoms with Gasteiger partial charge in [0.2, 0.25) is 0 Å². The molecule has 22 heavy (non-hydrogen) atoms. The first-order valence-corrected chi connectivity index (χ1v) is 8.07. The zero-order valence-corrected chi connectivity index (χ0v) is 12.9. The molecule has 1 fully saturated rings. The van der Waals surface area contributed by atoms with Gasteiger partial charge in [0.1, 0.15) is 6.33 Å². The van der Waals surface area contributed by atoms with Crippen molar-refractivity contribution < 1.29 is 5.11 Å². The molecule has 5 nitrogen and oxygen atoms in total. The predicted octanol–water partition coefficient (Wildman–Crippen LogP) is 1.41. The zero-order chi connectivity index (χ0) is 15.2. The molecule has 0 bridgehead atoms. The average molecular weight is 298 g/mol. The third-order valence-corrected chi connectivity index (χ3v) is 5.32. The van der Waals surface area contributed by atoms with Gasteiger partial charge in [0.05, 0.1) is 0 Å². The molecule has 1 aromatic carbocycles. The van der Waals surface area contributed by atoms with Gasteiger partial charge in [-0.15, -0.1) is 10.2 Å². The second kappa shape index (κ2) is 5.18. The van der Waals surface area contributed by atoms with Crippen LogP contribution in [-0.2, 0) is 18.6 Å². The fraction of sp³-hybridized carbons (Fsp3) is 0.529. The van der Waals surface area contributed by atoms with E-state index in [4.69, 9.17) is 0 Å². The lowest BCUT2D eigenvalue weighted by molar-refractivity contribution is -0.0198. The van der Waals surface area contributed by atoms with Gasteiger partial charge >= 0.3 is 0 Å². The number of fused-ring (bicyclic) bond motifs is 2. The van der Waals surface area contributed by atoms with E-state index in [1.807, 2.05) is 10.6 Å². The second-order valence-corrected chi connectivity index (χ2v) is 6.60. The number of rotatable bonds is 1. The molecule has 3 heterocycles. The van der Waals surface area contributed by atoms with Crippen LogP contribution in [0.3, 0.4) is 0 Å². The smallest absolute Gasteiger partial charge is 0.169 e. The summed E-state index contributed by atoms with van der Waals surface area (Å²) >= 11 is 0. The van der Waals surface area contributed by atoms with Crippen LogP contribution in [0.2, 0.25) is 0 Å². The maximum atomic E-state index is 11.8. The average Bonchev–Trinajstić information content (AvgIpc) is 2.98. The molecule has 1 aromatic heterocycles. The quantitative estimate of drug-likeness (QED) is 0.865. The summed E-state index contributed by atoms with van der Waals surface area (Å²) in [6, 6.07) is 8.28. The summed E-state index contributed by atoms with van der Waals surface area (Å²) in [5.74, 6) is 0.901. The lowest BCUT2D eigenvalue weighted by atomic mass is 9.74. The molecule has 0 amide bonds. The molecule has 0 spiro atoms. The van der Waals surface area contributed by atoms with Gasteiger partial charge in [-0.05, 0) is 50.5 Å². The Morgan fingerprint density at radius 1 is 1.18 bits per heavy atom. The number of aliphatic hydroxyl groups is 1.